The van der Waals surface area contributed by atoms with E-state index in [1.807, 2.05) is 61.5 Å². The van der Waals surface area contributed by atoms with Gasteiger partial charge in [-0.2, -0.15) is 0 Å². The molecule has 0 aliphatic rings. The number of hydrogen-bond acceptors (Lipinski definition) is 5. The minimum Gasteiger partial charge on any atom is -0.494 e. The van der Waals surface area contributed by atoms with Crippen molar-refractivity contribution in [3.63, 3.8) is 0 Å². The molecule has 3 aromatic rings. The van der Waals surface area contributed by atoms with Gasteiger partial charge in [0.15, 0.2) is 0 Å². The molecule has 1 N–H and O–H groups in total. The third kappa shape index (κ3) is 6.41. The number of rotatable bonds is 9. The number of para-hydroxylation sites is 1. The van der Waals surface area contributed by atoms with Crippen molar-refractivity contribution in [3.05, 3.63) is 76.2 Å². The van der Waals surface area contributed by atoms with Crippen LogP contribution in [0, 0.1) is 6.92 Å². The van der Waals surface area contributed by atoms with Crippen LogP contribution < -0.4 is 10.1 Å². The molecule has 3 rings (SSSR count). The zero-order valence-electron chi connectivity index (χ0n) is 15.2. The first-order valence-corrected chi connectivity index (χ1v) is 10.7. The molecule has 0 saturated carbocycles. The summed E-state index contributed by atoms with van der Waals surface area (Å²) in [5.74, 6) is 1.64. The molecule has 0 spiro atoms. The predicted octanol–water partition coefficient (Wildman–Crippen LogP) is 4.94. The highest BCUT2D eigenvalue weighted by Gasteiger charge is 2.06. The summed E-state index contributed by atoms with van der Waals surface area (Å²) in [7, 11) is 0. The van der Waals surface area contributed by atoms with Gasteiger partial charge in [0.1, 0.15) is 5.75 Å². The number of carbonyl (C=O) groups excluding carboxylic acids is 1. The first-order valence-electron chi connectivity index (χ1n) is 8.80. The Labute approximate surface area is 168 Å². The van der Waals surface area contributed by atoms with E-state index in [0.29, 0.717) is 18.7 Å². The minimum absolute atomic E-state index is 0.0543. The van der Waals surface area contributed by atoms with Gasteiger partial charge in [-0.15, -0.1) is 23.1 Å². The summed E-state index contributed by atoms with van der Waals surface area (Å²) < 4.78 is 5.62. The fourth-order valence-corrected chi connectivity index (χ4v) is 3.93. The molecular weight excluding hydrogens is 376 g/mol. The van der Waals surface area contributed by atoms with Gasteiger partial charge < -0.3 is 10.1 Å². The Balaban J connectivity index is 1.37. The molecule has 0 atom stereocenters. The average Bonchev–Trinajstić information content (AvgIpc) is 3.12. The smallest absolute Gasteiger partial charge is 0.251 e. The summed E-state index contributed by atoms with van der Waals surface area (Å²) in [5.41, 5.74) is 1.77. The molecule has 0 aliphatic heterocycles. The van der Waals surface area contributed by atoms with Crippen LogP contribution in [0.1, 0.15) is 27.5 Å². The Kier molecular flexibility index (Phi) is 7.30. The fourth-order valence-electron chi connectivity index (χ4n) is 2.42. The Morgan fingerprint density at radius 1 is 1.15 bits per heavy atom. The van der Waals surface area contributed by atoms with Crippen LogP contribution in [-0.4, -0.2) is 24.0 Å². The van der Waals surface area contributed by atoms with Crippen molar-refractivity contribution in [2.75, 3.05) is 13.2 Å². The second-order valence-corrected chi connectivity index (χ2v) is 8.05. The molecule has 6 heteroatoms. The fraction of sp³-hybridized carbons (Fsp3) is 0.238. The SMILES string of the molecule is Cc1nc(CSc2ccc(C(=O)NCCCOc3ccccc3)cc2)cs1. The number of nitrogens with zero attached hydrogens (tertiary/aromatic N) is 1. The predicted molar refractivity (Wildman–Crippen MR) is 112 cm³/mol. The Bertz CT molecular complexity index is 848. The van der Waals surface area contributed by atoms with Gasteiger partial charge in [0, 0.05) is 28.1 Å². The molecule has 0 aliphatic carbocycles. The first kappa shape index (κ1) is 19.5. The molecule has 140 valence electrons. The highest BCUT2D eigenvalue weighted by atomic mass is 32.2. The lowest BCUT2D eigenvalue weighted by atomic mass is 10.2. The van der Waals surface area contributed by atoms with Crippen molar-refractivity contribution in [1.82, 2.24) is 10.3 Å². The third-order valence-electron chi connectivity index (χ3n) is 3.79. The second kappa shape index (κ2) is 10.1. The zero-order chi connectivity index (χ0) is 18.9. The van der Waals surface area contributed by atoms with E-state index in [1.165, 1.54) is 0 Å². The molecule has 0 saturated heterocycles. The summed E-state index contributed by atoms with van der Waals surface area (Å²) in [5, 5.41) is 6.11. The summed E-state index contributed by atoms with van der Waals surface area (Å²) in [6, 6.07) is 17.4. The summed E-state index contributed by atoms with van der Waals surface area (Å²) in [4.78, 5) is 17.8. The van der Waals surface area contributed by atoms with Gasteiger partial charge in [-0.3, -0.25) is 4.79 Å². The molecule has 4 nitrogen and oxygen atoms in total. The van der Waals surface area contributed by atoms with Crippen LogP contribution >= 0.6 is 23.1 Å². The van der Waals surface area contributed by atoms with Crippen molar-refractivity contribution in [3.8, 4) is 5.75 Å². The average molecular weight is 399 g/mol. The summed E-state index contributed by atoms with van der Waals surface area (Å²) >= 11 is 3.39. The molecular formula is C21H22N2O2S2. The van der Waals surface area contributed by atoms with E-state index in [2.05, 4.69) is 15.7 Å². The van der Waals surface area contributed by atoms with Crippen molar-refractivity contribution in [1.29, 1.82) is 0 Å². The number of nitrogens with one attached hydrogen (secondary N) is 1. The van der Waals surface area contributed by atoms with E-state index >= 15 is 0 Å². The van der Waals surface area contributed by atoms with Crippen LogP contribution in [0.3, 0.4) is 0 Å². The van der Waals surface area contributed by atoms with Crippen LogP contribution in [0.25, 0.3) is 0 Å². The van der Waals surface area contributed by atoms with Crippen LogP contribution in [0.2, 0.25) is 0 Å². The van der Waals surface area contributed by atoms with Crippen molar-refractivity contribution >= 4 is 29.0 Å². The molecule has 0 unspecified atom stereocenters. The number of hydrogen-bond donors (Lipinski definition) is 1. The normalized spacial score (nSPS) is 10.6. The number of amides is 1. The molecule has 0 fully saturated rings. The highest BCUT2D eigenvalue weighted by molar-refractivity contribution is 7.98. The van der Waals surface area contributed by atoms with E-state index in [9.17, 15) is 4.79 Å². The van der Waals surface area contributed by atoms with E-state index in [-0.39, 0.29) is 5.91 Å². The molecule has 1 aromatic heterocycles. The van der Waals surface area contributed by atoms with E-state index in [4.69, 9.17) is 4.74 Å². The van der Waals surface area contributed by atoms with E-state index in [1.54, 1.807) is 23.1 Å². The first-order chi connectivity index (χ1) is 13.2. The number of ether oxygens (including phenoxy) is 1. The number of benzene rings is 2. The summed E-state index contributed by atoms with van der Waals surface area (Å²) in [6.07, 6.45) is 0.766. The molecule has 1 amide bonds. The largest absolute Gasteiger partial charge is 0.494 e. The van der Waals surface area contributed by atoms with Gasteiger partial charge >= 0.3 is 0 Å². The Hall–Kier alpha value is -2.31. The van der Waals surface area contributed by atoms with Crippen LogP contribution in [0.5, 0.6) is 5.75 Å². The lowest BCUT2D eigenvalue weighted by Crippen LogP contribution is -2.25. The monoisotopic (exact) mass is 398 g/mol. The lowest BCUT2D eigenvalue weighted by Gasteiger charge is -2.08. The molecule has 0 radical (unpaired) electrons. The lowest BCUT2D eigenvalue weighted by molar-refractivity contribution is 0.0951. The minimum atomic E-state index is -0.0543. The number of thiazole rings is 1. The number of aryl methyl sites for hydroxylation is 1. The van der Waals surface area contributed by atoms with E-state index in [0.717, 1.165) is 33.5 Å². The van der Waals surface area contributed by atoms with E-state index < -0.39 is 0 Å². The number of aromatic nitrogens is 1. The second-order valence-electron chi connectivity index (χ2n) is 5.94. The standard InChI is InChI=1S/C21H22N2O2S2/c1-16-23-18(14-26-16)15-27-20-10-8-17(9-11-20)21(24)22-12-5-13-25-19-6-3-2-4-7-19/h2-4,6-11,14H,5,12-13,15H2,1H3,(H,22,24). The maximum Gasteiger partial charge on any atom is 0.251 e. The third-order valence-corrected chi connectivity index (χ3v) is 5.66. The molecule has 2 aromatic carbocycles. The Morgan fingerprint density at radius 3 is 2.63 bits per heavy atom. The number of carbonyl (C=O) groups is 1. The van der Waals surface area contributed by atoms with Crippen molar-refractivity contribution < 1.29 is 9.53 Å². The zero-order valence-corrected chi connectivity index (χ0v) is 16.8. The van der Waals surface area contributed by atoms with Gasteiger partial charge in [0.2, 0.25) is 0 Å². The molecule has 27 heavy (non-hydrogen) atoms. The maximum absolute atomic E-state index is 12.2. The van der Waals surface area contributed by atoms with Crippen LogP contribution in [-0.2, 0) is 5.75 Å². The topological polar surface area (TPSA) is 51.2 Å². The van der Waals surface area contributed by atoms with Crippen LogP contribution in [0.4, 0.5) is 0 Å². The summed E-state index contributed by atoms with van der Waals surface area (Å²) in [6.45, 7) is 3.18. The molecule has 0 bridgehead atoms. The van der Waals surface area contributed by atoms with Crippen molar-refractivity contribution in [2.45, 2.75) is 24.0 Å². The quantitative estimate of drug-likeness (QED) is 0.410. The van der Waals surface area contributed by atoms with Gasteiger partial charge in [-0.1, -0.05) is 18.2 Å². The molecule has 1 heterocycles. The number of thioether (sulfide) groups is 1. The Morgan fingerprint density at radius 2 is 1.93 bits per heavy atom. The van der Waals surface area contributed by atoms with Crippen LogP contribution in [0.15, 0.2) is 64.9 Å². The van der Waals surface area contributed by atoms with Gasteiger partial charge in [0.25, 0.3) is 5.91 Å². The van der Waals surface area contributed by atoms with Gasteiger partial charge in [-0.25, -0.2) is 4.98 Å². The van der Waals surface area contributed by atoms with Crippen molar-refractivity contribution in [2.24, 2.45) is 0 Å². The van der Waals surface area contributed by atoms with Gasteiger partial charge in [-0.05, 0) is 49.7 Å². The van der Waals surface area contributed by atoms with Gasteiger partial charge in [0.05, 0.1) is 17.3 Å². The highest BCUT2D eigenvalue weighted by Crippen LogP contribution is 2.23. The maximum atomic E-state index is 12.2.